The molecule has 1 radical (unpaired) electrons. The fourth-order valence-electron chi connectivity index (χ4n) is 0.267. The van der Waals surface area contributed by atoms with Gasteiger partial charge < -0.3 is 0 Å². The van der Waals surface area contributed by atoms with Gasteiger partial charge in [-0.25, -0.2) is 0 Å². The molecular weight excluding hydrogens is 74.1 g/mol. The van der Waals surface area contributed by atoms with Crippen LogP contribution in [-0.2, 0) is 0 Å². The second kappa shape index (κ2) is 1.06. The highest BCUT2D eigenvalue weighted by Crippen LogP contribution is 2.12. The molecule has 0 heterocycles. The molecule has 1 heteroatoms. The van der Waals surface area contributed by atoms with Crippen LogP contribution in [0, 0.1) is 24.2 Å². The van der Waals surface area contributed by atoms with Crippen molar-refractivity contribution in [2.75, 3.05) is 0 Å². The quantitative estimate of drug-likeness (QED) is 0.393. The Hall–Kier alpha value is -0.900. The Morgan fingerprint density at radius 2 is 2.50 bits per heavy atom. The fourth-order valence-corrected chi connectivity index (χ4v) is 0.267. The molecule has 0 aromatic heterocycles. The highest BCUT2D eigenvalue weighted by Gasteiger charge is 2.16. The Morgan fingerprint density at radius 1 is 1.83 bits per heavy atom. The Balaban J connectivity index is 2.60. The van der Waals surface area contributed by atoms with Gasteiger partial charge in [-0.15, -0.1) is 0 Å². The van der Waals surface area contributed by atoms with Gasteiger partial charge in [0.05, 0.1) is 6.42 Å². The van der Waals surface area contributed by atoms with E-state index in [1.54, 1.807) is 12.5 Å². The largest absolute Gasteiger partial charge is 0.200 e. The SMILES string of the molecule is N#CC1=C[CH+][CH]1. The summed E-state index contributed by atoms with van der Waals surface area (Å²) in [7, 11) is 0. The van der Waals surface area contributed by atoms with Crippen LogP contribution in [-0.4, -0.2) is 0 Å². The van der Waals surface area contributed by atoms with Crippen LogP contribution in [0.25, 0.3) is 0 Å². The molecule has 1 aliphatic rings. The monoisotopic (exact) mass is 77.0 g/mol. The molecule has 0 fully saturated rings. The highest BCUT2D eigenvalue weighted by atomic mass is 14.3. The Bertz CT molecular complexity index is 116. The van der Waals surface area contributed by atoms with E-state index in [9.17, 15) is 0 Å². The van der Waals surface area contributed by atoms with E-state index in [1.807, 2.05) is 12.5 Å². The summed E-state index contributed by atoms with van der Waals surface area (Å²) in [6.45, 7) is 0. The summed E-state index contributed by atoms with van der Waals surface area (Å²) >= 11 is 0. The van der Waals surface area contributed by atoms with Gasteiger partial charge >= 0.3 is 0 Å². The lowest BCUT2D eigenvalue weighted by Crippen LogP contribution is -1.90. The van der Waals surface area contributed by atoms with E-state index in [1.165, 1.54) is 0 Å². The maximum Gasteiger partial charge on any atom is 0.200 e. The van der Waals surface area contributed by atoms with E-state index in [0.29, 0.717) is 0 Å². The smallest absolute Gasteiger partial charge is 0.168 e. The summed E-state index contributed by atoms with van der Waals surface area (Å²) < 4.78 is 0. The van der Waals surface area contributed by atoms with Gasteiger partial charge in [0.1, 0.15) is 6.08 Å². The summed E-state index contributed by atoms with van der Waals surface area (Å²) in [4.78, 5) is 0. The lowest BCUT2D eigenvalue weighted by Gasteiger charge is -1.86. The number of hydrogen-bond acceptors (Lipinski definition) is 1. The minimum atomic E-state index is 0.773. The number of nitrogens with zero attached hydrogens (tertiary/aromatic N) is 1. The maximum atomic E-state index is 8.02. The standard InChI is InChI=1S/C5H3N/c6-4-5-2-1-3-5/h1-3H/q+1. The summed E-state index contributed by atoms with van der Waals surface area (Å²) in [6, 6.07) is 1.98. The molecule has 0 N–H and O–H groups in total. The van der Waals surface area contributed by atoms with Gasteiger partial charge in [-0.2, -0.15) is 5.26 Å². The first kappa shape index (κ1) is 3.30. The summed E-state index contributed by atoms with van der Waals surface area (Å²) in [5.41, 5.74) is 0.773. The molecule has 0 atom stereocenters. The van der Waals surface area contributed by atoms with Crippen molar-refractivity contribution in [3.8, 4) is 6.07 Å². The molecule has 0 aliphatic heterocycles. The van der Waals surface area contributed by atoms with Crippen LogP contribution < -0.4 is 0 Å². The average molecular weight is 77.1 g/mol. The van der Waals surface area contributed by atoms with Crippen LogP contribution in [0.4, 0.5) is 0 Å². The van der Waals surface area contributed by atoms with E-state index >= 15 is 0 Å². The zero-order valence-electron chi connectivity index (χ0n) is 3.18. The van der Waals surface area contributed by atoms with Gasteiger partial charge in [-0.05, 0) is 0 Å². The van der Waals surface area contributed by atoms with Crippen LogP contribution in [0.5, 0.6) is 0 Å². The molecule has 0 saturated carbocycles. The van der Waals surface area contributed by atoms with Crippen molar-refractivity contribution < 1.29 is 0 Å². The number of hydrogen-bond donors (Lipinski definition) is 0. The number of nitriles is 1. The molecule has 0 bridgehead atoms. The Morgan fingerprint density at radius 3 is 2.50 bits per heavy atom. The molecule has 1 rings (SSSR count). The van der Waals surface area contributed by atoms with E-state index < -0.39 is 0 Å². The molecule has 0 amide bonds. The van der Waals surface area contributed by atoms with Crippen molar-refractivity contribution in [2.45, 2.75) is 0 Å². The first-order valence-electron chi connectivity index (χ1n) is 1.72. The third-order valence-corrected chi connectivity index (χ3v) is 0.681. The van der Waals surface area contributed by atoms with Crippen molar-refractivity contribution in [3.05, 3.63) is 24.5 Å². The molecule has 1 aliphatic carbocycles. The van der Waals surface area contributed by atoms with E-state index in [4.69, 9.17) is 5.26 Å². The number of rotatable bonds is 0. The van der Waals surface area contributed by atoms with Gasteiger partial charge in [0.15, 0.2) is 18.1 Å². The van der Waals surface area contributed by atoms with Gasteiger partial charge in [0, 0.05) is 0 Å². The summed E-state index contributed by atoms with van der Waals surface area (Å²) in [5, 5.41) is 8.02. The first-order valence-corrected chi connectivity index (χ1v) is 1.72. The summed E-state index contributed by atoms with van der Waals surface area (Å²) in [5.74, 6) is 0. The predicted octanol–water partition coefficient (Wildman–Crippen LogP) is 0.859. The summed E-state index contributed by atoms with van der Waals surface area (Å²) in [6.07, 6.45) is 5.40. The van der Waals surface area contributed by atoms with Crippen molar-refractivity contribution in [3.63, 3.8) is 0 Å². The third-order valence-electron chi connectivity index (χ3n) is 0.681. The van der Waals surface area contributed by atoms with Gasteiger partial charge in [-0.1, -0.05) is 0 Å². The Kier molecular flexibility index (Phi) is 0.582. The van der Waals surface area contributed by atoms with Crippen LogP contribution in [0.1, 0.15) is 0 Å². The van der Waals surface area contributed by atoms with Crippen LogP contribution in [0.15, 0.2) is 11.6 Å². The van der Waals surface area contributed by atoms with Crippen LogP contribution in [0.2, 0.25) is 0 Å². The second-order valence-electron chi connectivity index (χ2n) is 1.09. The molecule has 0 unspecified atom stereocenters. The lowest BCUT2D eigenvalue weighted by molar-refractivity contribution is 1.35. The molecule has 0 aromatic rings. The first-order chi connectivity index (χ1) is 2.93. The average Bonchev–Trinajstić information content (AvgIpc) is 1.31. The Labute approximate surface area is 36.9 Å². The topological polar surface area (TPSA) is 23.8 Å². The maximum absolute atomic E-state index is 8.02. The third kappa shape index (κ3) is 0.271. The minimum absolute atomic E-state index is 0.773. The molecule has 6 heavy (non-hydrogen) atoms. The van der Waals surface area contributed by atoms with Crippen molar-refractivity contribution >= 4 is 0 Å². The fraction of sp³-hybridized carbons (Fsp3) is 0. The predicted molar refractivity (Wildman–Crippen MR) is 22.3 cm³/mol. The molecule has 1 nitrogen and oxygen atoms in total. The van der Waals surface area contributed by atoms with Gasteiger partial charge in [-0.3, -0.25) is 0 Å². The highest BCUT2D eigenvalue weighted by molar-refractivity contribution is 5.45. The molecule has 0 aromatic carbocycles. The van der Waals surface area contributed by atoms with Crippen molar-refractivity contribution in [2.24, 2.45) is 0 Å². The van der Waals surface area contributed by atoms with Crippen LogP contribution in [0.3, 0.4) is 0 Å². The zero-order chi connectivity index (χ0) is 4.41. The zero-order valence-corrected chi connectivity index (χ0v) is 3.18. The molecular formula is C5H3N+. The van der Waals surface area contributed by atoms with E-state index in [0.717, 1.165) is 5.57 Å². The van der Waals surface area contributed by atoms with Crippen molar-refractivity contribution in [1.82, 2.24) is 0 Å². The van der Waals surface area contributed by atoms with Crippen molar-refractivity contribution in [1.29, 1.82) is 5.26 Å². The second-order valence-corrected chi connectivity index (χ2v) is 1.09. The van der Waals surface area contributed by atoms with Crippen LogP contribution >= 0.6 is 0 Å². The number of allylic oxidation sites excluding steroid dienone is 2. The van der Waals surface area contributed by atoms with E-state index in [2.05, 4.69) is 0 Å². The lowest BCUT2D eigenvalue weighted by atomic mass is 10.0. The molecule has 0 saturated heterocycles. The van der Waals surface area contributed by atoms with Gasteiger partial charge in [0.25, 0.3) is 0 Å². The molecule has 27 valence electrons. The molecule has 0 spiro atoms. The minimum Gasteiger partial charge on any atom is -0.168 e. The van der Waals surface area contributed by atoms with E-state index in [-0.39, 0.29) is 0 Å². The van der Waals surface area contributed by atoms with Gasteiger partial charge in [0.2, 0.25) is 0 Å². The normalized spacial score (nSPS) is 16.2.